The summed E-state index contributed by atoms with van der Waals surface area (Å²) in [6.07, 6.45) is 0.232. The van der Waals surface area contributed by atoms with Gasteiger partial charge in [0.25, 0.3) is 15.9 Å². The summed E-state index contributed by atoms with van der Waals surface area (Å²) in [5, 5.41) is 8.33. The third-order valence-corrected chi connectivity index (χ3v) is 4.51. The van der Waals surface area contributed by atoms with Gasteiger partial charge in [-0.05, 0) is 12.1 Å². The normalized spacial score (nSPS) is 24.2. The summed E-state index contributed by atoms with van der Waals surface area (Å²) >= 11 is 0. The van der Waals surface area contributed by atoms with E-state index in [-0.39, 0.29) is 0 Å². The van der Waals surface area contributed by atoms with Gasteiger partial charge >= 0.3 is 5.97 Å². The number of nitrogens with zero attached hydrogens (tertiary/aromatic N) is 1. The van der Waals surface area contributed by atoms with Gasteiger partial charge in [-0.1, -0.05) is 0 Å². The Kier molecular flexibility index (Phi) is 3.35. The molecule has 6 nitrogen and oxygen atoms in total. The molecule has 0 aliphatic carbocycles. The SMILES string of the molecule is O=C(O)C1CN(S(=O)(=O)c2ccco2)CC(F)(F)C1. The Bertz CT molecular complexity index is 569. The molecular formula is C10H11F2NO5S. The molecule has 1 N–H and O–H groups in total. The highest BCUT2D eigenvalue weighted by Crippen LogP contribution is 2.33. The van der Waals surface area contributed by atoms with Crippen LogP contribution in [0.15, 0.2) is 27.9 Å². The quantitative estimate of drug-likeness (QED) is 0.899. The molecule has 1 aromatic heterocycles. The fourth-order valence-corrected chi connectivity index (χ4v) is 3.36. The number of carboxylic acid groups (broad SMARTS) is 1. The molecule has 1 aliphatic heterocycles. The maximum Gasteiger partial charge on any atom is 0.308 e. The first-order valence-corrected chi connectivity index (χ1v) is 6.81. The van der Waals surface area contributed by atoms with Crippen LogP contribution in [0.2, 0.25) is 0 Å². The monoisotopic (exact) mass is 295 g/mol. The summed E-state index contributed by atoms with van der Waals surface area (Å²) in [6, 6.07) is 2.43. The fourth-order valence-electron chi connectivity index (χ4n) is 1.94. The maximum atomic E-state index is 13.4. The van der Waals surface area contributed by atoms with Crippen molar-refractivity contribution >= 4 is 16.0 Å². The van der Waals surface area contributed by atoms with E-state index in [9.17, 15) is 22.0 Å². The van der Waals surface area contributed by atoms with E-state index in [1.165, 1.54) is 6.07 Å². The van der Waals surface area contributed by atoms with Gasteiger partial charge in [-0.2, -0.15) is 4.31 Å². The van der Waals surface area contributed by atoms with E-state index in [0.29, 0.717) is 4.31 Å². The molecule has 0 spiro atoms. The molecule has 0 bridgehead atoms. The summed E-state index contributed by atoms with van der Waals surface area (Å²) in [4.78, 5) is 10.8. The van der Waals surface area contributed by atoms with Crippen molar-refractivity contribution in [2.45, 2.75) is 17.4 Å². The Hall–Kier alpha value is -1.48. The minimum Gasteiger partial charge on any atom is -0.481 e. The standard InChI is InChI=1S/C10H11F2NO5S/c11-10(12)4-7(9(14)15)5-13(6-10)19(16,17)8-2-1-3-18-8/h1-3,7H,4-6H2,(H,14,15). The second-order valence-corrected chi connectivity index (χ2v) is 6.19. The highest BCUT2D eigenvalue weighted by molar-refractivity contribution is 7.89. The molecule has 2 heterocycles. The lowest BCUT2D eigenvalue weighted by molar-refractivity contribution is -0.150. The molecule has 1 unspecified atom stereocenters. The zero-order chi connectivity index (χ0) is 14.3. The van der Waals surface area contributed by atoms with Crippen LogP contribution in [0.1, 0.15) is 6.42 Å². The molecule has 0 aromatic carbocycles. The number of piperidine rings is 1. The first-order valence-electron chi connectivity index (χ1n) is 5.37. The Labute approximate surface area is 107 Å². The molecule has 0 radical (unpaired) electrons. The Morgan fingerprint density at radius 1 is 1.53 bits per heavy atom. The number of rotatable bonds is 3. The van der Waals surface area contributed by atoms with E-state index in [1.807, 2.05) is 0 Å². The van der Waals surface area contributed by atoms with Crippen molar-refractivity contribution in [2.75, 3.05) is 13.1 Å². The predicted octanol–water partition coefficient (Wildman–Crippen LogP) is 1.01. The number of carbonyl (C=O) groups is 1. The highest BCUT2D eigenvalue weighted by atomic mass is 32.2. The highest BCUT2D eigenvalue weighted by Gasteiger charge is 2.47. The molecule has 2 rings (SSSR count). The first-order chi connectivity index (χ1) is 8.72. The van der Waals surface area contributed by atoms with Crippen molar-refractivity contribution in [3.63, 3.8) is 0 Å². The number of halogens is 2. The van der Waals surface area contributed by atoms with E-state index >= 15 is 0 Å². The summed E-state index contributed by atoms with van der Waals surface area (Å²) in [5.74, 6) is -6.26. The first kappa shape index (κ1) is 13.9. The average Bonchev–Trinajstić information content (AvgIpc) is 2.80. The van der Waals surface area contributed by atoms with E-state index in [4.69, 9.17) is 9.52 Å². The molecule has 9 heteroatoms. The summed E-state index contributed by atoms with van der Waals surface area (Å²) in [7, 11) is -4.23. The largest absolute Gasteiger partial charge is 0.481 e. The molecule has 0 amide bonds. The molecule has 1 fully saturated rings. The second kappa shape index (κ2) is 4.57. The van der Waals surface area contributed by atoms with Gasteiger partial charge in [0.05, 0.1) is 18.7 Å². The Morgan fingerprint density at radius 3 is 2.74 bits per heavy atom. The van der Waals surface area contributed by atoms with Crippen LogP contribution in [0.3, 0.4) is 0 Å². The van der Waals surface area contributed by atoms with E-state index < -0.39 is 52.4 Å². The van der Waals surface area contributed by atoms with Gasteiger partial charge in [0.15, 0.2) is 0 Å². The lowest BCUT2D eigenvalue weighted by atomic mass is 9.97. The molecule has 19 heavy (non-hydrogen) atoms. The number of furan rings is 1. The zero-order valence-electron chi connectivity index (χ0n) is 9.62. The predicted molar refractivity (Wildman–Crippen MR) is 58.2 cm³/mol. The van der Waals surface area contributed by atoms with E-state index in [2.05, 4.69) is 0 Å². The Morgan fingerprint density at radius 2 is 2.21 bits per heavy atom. The number of sulfonamides is 1. The summed E-state index contributed by atoms with van der Waals surface area (Å²) < 4.78 is 56.0. The molecule has 106 valence electrons. The third-order valence-electron chi connectivity index (χ3n) is 2.82. The molecule has 1 aromatic rings. The van der Waals surface area contributed by atoms with Crippen LogP contribution >= 0.6 is 0 Å². The van der Waals surface area contributed by atoms with Crippen molar-refractivity contribution in [1.82, 2.24) is 4.31 Å². The van der Waals surface area contributed by atoms with Gasteiger partial charge in [0.1, 0.15) is 0 Å². The van der Waals surface area contributed by atoms with Crippen LogP contribution in [-0.4, -0.2) is 42.8 Å². The lowest BCUT2D eigenvalue weighted by Gasteiger charge is -2.34. The van der Waals surface area contributed by atoms with Gasteiger partial charge in [-0.15, -0.1) is 0 Å². The fraction of sp³-hybridized carbons (Fsp3) is 0.500. The number of carboxylic acids is 1. The minimum atomic E-state index is -4.23. The van der Waals surface area contributed by atoms with Crippen LogP contribution in [-0.2, 0) is 14.8 Å². The number of alkyl halides is 2. The zero-order valence-corrected chi connectivity index (χ0v) is 10.4. The van der Waals surface area contributed by atoms with Gasteiger partial charge < -0.3 is 9.52 Å². The van der Waals surface area contributed by atoms with Crippen molar-refractivity contribution in [3.8, 4) is 0 Å². The second-order valence-electron chi connectivity index (χ2n) is 4.32. The molecule has 0 saturated carbocycles. The average molecular weight is 295 g/mol. The van der Waals surface area contributed by atoms with Crippen LogP contribution in [0.4, 0.5) is 8.78 Å². The number of hydrogen-bond acceptors (Lipinski definition) is 4. The van der Waals surface area contributed by atoms with Crippen LogP contribution < -0.4 is 0 Å². The molecule has 1 saturated heterocycles. The minimum absolute atomic E-state index is 0.453. The number of hydrogen-bond donors (Lipinski definition) is 1. The molecule has 1 aliphatic rings. The maximum absolute atomic E-state index is 13.4. The van der Waals surface area contributed by atoms with E-state index in [0.717, 1.165) is 12.3 Å². The van der Waals surface area contributed by atoms with Crippen molar-refractivity contribution in [1.29, 1.82) is 0 Å². The van der Waals surface area contributed by atoms with Crippen molar-refractivity contribution < 1.29 is 31.5 Å². The number of aliphatic carboxylic acids is 1. The lowest BCUT2D eigenvalue weighted by Crippen LogP contribution is -2.51. The van der Waals surface area contributed by atoms with E-state index in [1.54, 1.807) is 0 Å². The summed E-state index contributed by atoms with van der Waals surface area (Å²) in [6.45, 7) is -1.53. The smallest absolute Gasteiger partial charge is 0.308 e. The van der Waals surface area contributed by atoms with Crippen LogP contribution in [0.5, 0.6) is 0 Å². The summed E-state index contributed by atoms with van der Waals surface area (Å²) in [5.41, 5.74) is 0. The van der Waals surface area contributed by atoms with Crippen LogP contribution in [0.25, 0.3) is 0 Å². The van der Waals surface area contributed by atoms with Crippen LogP contribution in [0, 0.1) is 5.92 Å². The van der Waals surface area contributed by atoms with Crippen molar-refractivity contribution in [2.24, 2.45) is 5.92 Å². The van der Waals surface area contributed by atoms with Gasteiger partial charge in [-0.25, -0.2) is 17.2 Å². The van der Waals surface area contributed by atoms with Gasteiger partial charge in [-0.3, -0.25) is 4.79 Å². The van der Waals surface area contributed by atoms with Gasteiger partial charge in [0.2, 0.25) is 5.09 Å². The Balaban J connectivity index is 2.32. The third kappa shape index (κ3) is 2.76. The molecule has 1 atom stereocenters. The topological polar surface area (TPSA) is 87.8 Å². The molecular weight excluding hydrogens is 284 g/mol. The van der Waals surface area contributed by atoms with Gasteiger partial charge in [0, 0.05) is 13.0 Å². The van der Waals surface area contributed by atoms with Crippen molar-refractivity contribution in [3.05, 3.63) is 18.4 Å².